The maximum absolute atomic E-state index is 13.5. The van der Waals surface area contributed by atoms with Gasteiger partial charge in [0.25, 0.3) is 5.91 Å². The van der Waals surface area contributed by atoms with Crippen LogP contribution in [0.3, 0.4) is 0 Å². The number of alkyl halides is 2. The Hall–Kier alpha value is -3.76. The number of carbonyl (C=O) groups is 1. The van der Waals surface area contributed by atoms with Crippen molar-refractivity contribution in [3.63, 3.8) is 0 Å². The first-order valence-corrected chi connectivity index (χ1v) is 8.28. The van der Waals surface area contributed by atoms with Gasteiger partial charge in [0.1, 0.15) is 17.4 Å². The zero-order valence-corrected chi connectivity index (χ0v) is 14.8. The number of amides is 1. The van der Waals surface area contributed by atoms with Crippen molar-refractivity contribution in [1.82, 2.24) is 20.5 Å². The lowest BCUT2D eigenvalue weighted by atomic mass is 10.2. The van der Waals surface area contributed by atoms with E-state index in [4.69, 9.17) is 4.74 Å². The van der Waals surface area contributed by atoms with Gasteiger partial charge in [0.15, 0.2) is 17.3 Å². The van der Waals surface area contributed by atoms with Crippen LogP contribution in [-0.2, 0) is 6.54 Å². The first-order valence-electron chi connectivity index (χ1n) is 8.28. The summed E-state index contributed by atoms with van der Waals surface area (Å²) in [6.07, 6.45) is -3.76. The summed E-state index contributed by atoms with van der Waals surface area (Å²) in [5, 5.41) is 9.20. The van der Waals surface area contributed by atoms with Gasteiger partial charge in [-0.3, -0.25) is 9.89 Å². The summed E-state index contributed by atoms with van der Waals surface area (Å²) in [5.41, 5.74) is 0.439. The molecule has 0 spiro atoms. The zero-order valence-electron chi connectivity index (χ0n) is 14.8. The number of halogens is 3. The largest absolute Gasteiger partial charge is 0.586 e. The molecule has 29 heavy (non-hydrogen) atoms. The lowest BCUT2D eigenvalue weighted by molar-refractivity contribution is -0.286. The summed E-state index contributed by atoms with van der Waals surface area (Å²) in [6.45, 7) is -0.0337. The molecule has 1 aliphatic rings. The first kappa shape index (κ1) is 18.6. The number of fused-ring (bicyclic) bond motifs is 1. The molecule has 0 bridgehead atoms. The highest BCUT2D eigenvalue weighted by Crippen LogP contribution is 2.41. The van der Waals surface area contributed by atoms with E-state index in [9.17, 15) is 18.0 Å². The Morgan fingerprint density at radius 2 is 2.00 bits per heavy atom. The average Bonchev–Trinajstić information content (AvgIpc) is 3.27. The molecule has 0 saturated heterocycles. The summed E-state index contributed by atoms with van der Waals surface area (Å²) >= 11 is 0. The number of benzene rings is 2. The monoisotopic (exact) mass is 406 g/mol. The SMILES string of the molecule is COc1ccc(F)cc1-c1n[nH]c(CNC(=O)c2ccc3c(c2)OC(F)(F)O3)n1. The summed E-state index contributed by atoms with van der Waals surface area (Å²) < 4.78 is 53.4. The van der Waals surface area contributed by atoms with Crippen molar-refractivity contribution in [3.05, 3.63) is 53.6 Å². The van der Waals surface area contributed by atoms with E-state index in [1.807, 2.05) is 0 Å². The summed E-state index contributed by atoms with van der Waals surface area (Å²) in [4.78, 5) is 16.5. The quantitative estimate of drug-likeness (QED) is 0.676. The third kappa shape index (κ3) is 3.79. The van der Waals surface area contributed by atoms with Gasteiger partial charge in [-0.15, -0.1) is 8.78 Å². The Kier molecular flexibility index (Phi) is 4.49. The van der Waals surface area contributed by atoms with Crippen molar-refractivity contribution in [2.75, 3.05) is 7.11 Å². The van der Waals surface area contributed by atoms with Crippen LogP contribution in [0, 0.1) is 5.82 Å². The van der Waals surface area contributed by atoms with Crippen molar-refractivity contribution in [3.8, 4) is 28.6 Å². The molecule has 8 nitrogen and oxygen atoms in total. The summed E-state index contributed by atoms with van der Waals surface area (Å²) in [5.74, 6) is -0.541. The van der Waals surface area contributed by atoms with E-state index in [1.54, 1.807) is 0 Å². The molecule has 0 saturated carbocycles. The Morgan fingerprint density at radius 3 is 2.79 bits per heavy atom. The van der Waals surface area contributed by atoms with E-state index >= 15 is 0 Å². The van der Waals surface area contributed by atoms with Gasteiger partial charge in [0, 0.05) is 5.56 Å². The lowest BCUT2D eigenvalue weighted by Crippen LogP contribution is -2.26. The number of carbonyl (C=O) groups excluding carboxylic acids is 1. The Bertz CT molecular complexity index is 1090. The smallest absolute Gasteiger partial charge is 0.496 e. The van der Waals surface area contributed by atoms with E-state index in [0.29, 0.717) is 17.1 Å². The molecule has 2 N–H and O–H groups in total. The van der Waals surface area contributed by atoms with E-state index in [2.05, 4.69) is 30.0 Å². The number of nitrogens with zero attached hydrogens (tertiary/aromatic N) is 2. The number of H-pyrrole nitrogens is 1. The highest BCUT2D eigenvalue weighted by Gasteiger charge is 2.43. The van der Waals surface area contributed by atoms with E-state index in [-0.39, 0.29) is 29.4 Å². The van der Waals surface area contributed by atoms with Crippen LogP contribution < -0.4 is 19.5 Å². The predicted molar refractivity (Wildman–Crippen MR) is 92.1 cm³/mol. The molecule has 150 valence electrons. The third-order valence-electron chi connectivity index (χ3n) is 4.01. The third-order valence-corrected chi connectivity index (χ3v) is 4.01. The van der Waals surface area contributed by atoms with Crippen LogP contribution in [-0.4, -0.2) is 34.5 Å². The van der Waals surface area contributed by atoms with Crippen LogP contribution in [0.1, 0.15) is 16.2 Å². The van der Waals surface area contributed by atoms with Crippen molar-refractivity contribution in [2.45, 2.75) is 12.8 Å². The minimum Gasteiger partial charge on any atom is -0.496 e. The highest BCUT2D eigenvalue weighted by molar-refractivity contribution is 5.94. The molecule has 2 aromatic carbocycles. The molecule has 1 aliphatic heterocycles. The standard InChI is InChI=1S/C18H13F3N4O4/c1-27-12-5-3-10(19)7-11(12)16-23-15(24-25-16)8-22-17(26)9-2-4-13-14(6-9)29-18(20,21)28-13/h2-7H,8H2,1H3,(H,22,26)(H,23,24,25). The van der Waals surface area contributed by atoms with Crippen LogP contribution in [0.25, 0.3) is 11.4 Å². The molecule has 2 heterocycles. The maximum Gasteiger partial charge on any atom is 0.586 e. The number of nitrogens with one attached hydrogen (secondary N) is 2. The molecule has 0 fully saturated rings. The van der Waals surface area contributed by atoms with Gasteiger partial charge in [-0.1, -0.05) is 0 Å². The van der Waals surface area contributed by atoms with Crippen LogP contribution in [0.15, 0.2) is 36.4 Å². The average molecular weight is 406 g/mol. The van der Waals surface area contributed by atoms with Gasteiger partial charge in [0.05, 0.1) is 19.2 Å². The second kappa shape index (κ2) is 7.00. The van der Waals surface area contributed by atoms with Gasteiger partial charge in [0.2, 0.25) is 0 Å². The van der Waals surface area contributed by atoms with E-state index in [1.165, 1.54) is 37.4 Å². The fraction of sp³-hybridized carbons (Fsp3) is 0.167. The van der Waals surface area contributed by atoms with Gasteiger partial charge >= 0.3 is 6.29 Å². The summed E-state index contributed by atoms with van der Waals surface area (Å²) in [7, 11) is 1.44. The van der Waals surface area contributed by atoms with Crippen LogP contribution in [0.5, 0.6) is 17.2 Å². The first-order chi connectivity index (χ1) is 13.8. The molecule has 0 unspecified atom stereocenters. The van der Waals surface area contributed by atoms with Crippen molar-refractivity contribution in [1.29, 1.82) is 0 Å². The molecule has 0 atom stereocenters. The Morgan fingerprint density at radius 1 is 1.21 bits per heavy atom. The second-order valence-corrected chi connectivity index (χ2v) is 5.96. The zero-order chi connectivity index (χ0) is 20.6. The molecule has 0 radical (unpaired) electrons. The van der Waals surface area contributed by atoms with Crippen molar-refractivity contribution >= 4 is 5.91 Å². The van der Waals surface area contributed by atoms with Gasteiger partial charge < -0.3 is 19.5 Å². The minimum atomic E-state index is -3.76. The normalized spacial score (nSPS) is 13.9. The topological polar surface area (TPSA) is 98.4 Å². The number of rotatable bonds is 5. The second-order valence-electron chi connectivity index (χ2n) is 5.96. The number of aromatic nitrogens is 3. The number of hydrogen-bond donors (Lipinski definition) is 2. The number of hydrogen-bond acceptors (Lipinski definition) is 6. The van der Waals surface area contributed by atoms with Gasteiger partial charge in [-0.25, -0.2) is 9.37 Å². The molecule has 11 heteroatoms. The lowest BCUT2D eigenvalue weighted by Gasteiger charge is -2.05. The fourth-order valence-electron chi connectivity index (χ4n) is 2.71. The molecular formula is C18H13F3N4O4. The minimum absolute atomic E-state index is 0.0337. The van der Waals surface area contributed by atoms with Crippen LogP contribution >= 0.6 is 0 Å². The maximum atomic E-state index is 13.5. The molecule has 4 rings (SSSR count). The molecule has 3 aromatic rings. The Labute approximate surface area is 161 Å². The van der Waals surface area contributed by atoms with Crippen molar-refractivity contribution in [2.24, 2.45) is 0 Å². The molecule has 1 aromatic heterocycles. The Balaban J connectivity index is 1.45. The van der Waals surface area contributed by atoms with Gasteiger partial charge in [-0.2, -0.15) is 5.10 Å². The van der Waals surface area contributed by atoms with Crippen LogP contribution in [0.2, 0.25) is 0 Å². The van der Waals surface area contributed by atoms with E-state index in [0.717, 1.165) is 6.07 Å². The number of aromatic amines is 1. The molecular weight excluding hydrogens is 393 g/mol. The van der Waals surface area contributed by atoms with E-state index < -0.39 is 18.0 Å². The van der Waals surface area contributed by atoms with Crippen molar-refractivity contribution < 1.29 is 32.2 Å². The van der Waals surface area contributed by atoms with Gasteiger partial charge in [-0.05, 0) is 36.4 Å². The number of methoxy groups -OCH3 is 1. The summed E-state index contributed by atoms with van der Waals surface area (Å²) in [6, 6.07) is 7.61. The fourth-order valence-corrected chi connectivity index (χ4v) is 2.71. The van der Waals surface area contributed by atoms with Crippen LogP contribution in [0.4, 0.5) is 13.2 Å². The molecule has 0 aliphatic carbocycles. The predicted octanol–water partition coefficient (Wildman–Crippen LogP) is 2.87. The molecule has 1 amide bonds. The highest BCUT2D eigenvalue weighted by atomic mass is 19.3. The number of ether oxygens (including phenoxy) is 3.